The Morgan fingerprint density at radius 2 is 1.42 bits per heavy atom. The van der Waals surface area contributed by atoms with Gasteiger partial charge in [-0.15, -0.1) is 6.58 Å². The number of allylic oxidation sites excluding steroid dienone is 1. The molecule has 19 heavy (non-hydrogen) atoms. The fraction of sp³-hybridized carbons (Fsp3) is 0.765. The SMILES string of the molecule is C=CC(CCCCCCCCC)C(C(C)=O)C(C)=O. The quantitative estimate of drug-likeness (QED) is 0.291. The van der Waals surface area contributed by atoms with Crippen LogP contribution >= 0.6 is 0 Å². The van der Waals surface area contributed by atoms with Crippen LogP contribution in [0.3, 0.4) is 0 Å². The van der Waals surface area contributed by atoms with Gasteiger partial charge in [-0.3, -0.25) is 9.59 Å². The monoisotopic (exact) mass is 266 g/mol. The molecule has 0 saturated carbocycles. The van der Waals surface area contributed by atoms with E-state index in [-0.39, 0.29) is 17.5 Å². The van der Waals surface area contributed by atoms with Crippen LogP contribution in [0.1, 0.15) is 72.1 Å². The summed E-state index contributed by atoms with van der Waals surface area (Å²) in [5, 5.41) is 0. The molecule has 0 aromatic heterocycles. The Morgan fingerprint density at radius 1 is 0.947 bits per heavy atom. The number of hydrogen-bond donors (Lipinski definition) is 0. The van der Waals surface area contributed by atoms with Crippen molar-refractivity contribution in [3.05, 3.63) is 12.7 Å². The van der Waals surface area contributed by atoms with Gasteiger partial charge in [0.1, 0.15) is 11.6 Å². The first-order valence-corrected chi connectivity index (χ1v) is 7.68. The number of unbranched alkanes of at least 4 members (excludes halogenated alkanes) is 6. The third-order valence-electron chi connectivity index (χ3n) is 3.75. The summed E-state index contributed by atoms with van der Waals surface area (Å²) in [6.45, 7) is 9.02. The number of hydrogen-bond acceptors (Lipinski definition) is 2. The minimum atomic E-state index is -0.474. The van der Waals surface area contributed by atoms with E-state index in [9.17, 15) is 9.59 Å². The molecular weight excluding hydrogens is 236 g/mol. The van der Waals surface area contributed by atoms with Crippen LogP contribution in [0.4, 0.5) is 0 Å². The van der Waals surface area contributed by atoms with Gasteiger partial charge in [0.2, 0.25) is 0 Å². The smallest absolute Gasteiger partial charge is 0.140 e. The maximum absolute atomic E-state index is 11.5. The summed E-state index contributed by atoms with van der Waals surface area (Å²) in [4.78, 5) is 23.0. The molecule has 0 saturated heterocycles. The lowest BCUT2D eigenvalue weighted by atomic mass is 9.82. The molecule has 0 amide bonds. The molecule has 0 bridgehead atoms. The summed E-state index contributed by atoms with van der Waals surface area (Å²) in [5.41, 5.74) is 0. The van der Waals surface area contributed by atoms with Gasteiger partial charge in [0.25, 0.3) is 0 Å². The second-order valence-electron chi connectivity index (χ2n) is 5.51. The third kappa shape index (κ3) is 7.97. The van der Waals surface area contributed by atoms with E-state index in [4.69, 9.17) is 0 Å². The van der Waals surface area contributed by atoms with E-state index in [0.29, 0.717) is 0 Å². The van der Waals surface area contributed by atoms with Gasteiger partial charge < -0.3 is 0 Å². The van der Waals surface area contributed by atoms with Crippen molar-refractivity contribution in [2.75, 3.05) is 0 Å². The second-order valence-corrected chi connectivity index (χ2v) is 5.51. The molecule has 0 fully saturated rings. The summed E-state index contributed by atoms with van der Waals surface area (Å²) < 4.78 is 0. The molecule has 110 valence electrons. The fourth-order valence-corrected chi connectivity index (χ4v) is 2.65. The fourth-order valence-electron chi connectivity index (χ4n) is 2.65. The average molecular weight is 266 g/mol. The Balaban J connectivity index is 3.96. The first kappa shape index (κ1) is 18.1. The zero-order chi connectivity index (χ0) is 14.7. The van der Waals surface area contributed by atoms with E-state index in [1.54, 1.807) is 6.08 Å². The van der Waals surface area contributed by atoms with Crippen LogP contribution in [0.25, 0.3) is 0 Å². The van der Waals surface area contributed by atoms with Crippen LogP contribution in [0, 0.1) is 11.8 Å². The maximum Gasteiger partial charge on any atom is 0.140 e. The lowest BCUT2D eigenvalue weighted by Crippen LogP contribution is -2.27. The average Bonchev–Trinajstić information content (AvgIpc) is 2.35. The molecule has 2 nitrogen and oxygen atoms in total. The van der Waals surface area contributed by atoms with E-state index in [0.717, 1.165) is 12.8 Å². The minimum Gasteiger partial charge on any atom is -0.299 e. The summed E-state index contributed by atoms with van der Waals surface area (Å²) in [6, 6.07) is 0. The molecule has 0 radical (unpaired) electrons. The number of carbonyl (C=O) groups is 2. The van der Waals surface area contributed by atoms with Crippen molar-refractivity contribution < 1.29 is 9.59 Å². The van der Waals surface area contributed by atoms with Gasteiger partial charge in [0.05, 0.1) is 5.92 Å². The molecule has 2 heteroatoms. The molecule has 1 atom stereocenters. The topological polar surface area (TPSA) is 34.1 Å². The van der Waals surface area contributed by atoms with Crippen molar-refractivity contribution in [3.8, 4) is 0 Å². The highest BCUT2D eigenvalue weighted by Crippen LogP contribution is 2.23. The molecule has 0 rings (SSSR count). The molecular formula is C17H30O2. The van der Waals surface area contributed by atoms with Crippen LogP contribution in [0.15, 0.2) is 12.7 Å². The van der Waals surface area contributed by atoms with Crippen LogP contribution in [-0.2, 0) is 9.59 Å². The second kappa shape index (κ2) is 11.0. The zero-order valence-corrected chi connectivity index (χ0v) is 12.9. The summed E-state index contributed by atoms with van der Waals surface area (Å²) in [6.07, 6.45) is 11.4. The van der Waals surface area contributed by atoms with E-state index in [2.05, 4.69) is 13.5 Å². The van der Waals surface area contributed by atoms with Gasteiger partial charge >= 0.3 is 0 Å². The van der Waals surface area contributed by atoms with Crippen LogP contribution in [0.2, 0.25) is 0 Å². The van der Waals surface area contributed by atoms with Crippen LogP contribution in [0.5, 0.6) is 0 Å². The van der Waals surface area contributed by atoms with Gasteiger partial charge in [-0.05, 0) is 26.2 Å². The Labute approximate surface area is 118 Å². The normalized spacial score (nSPS) is 12.4. The molecule has 0 aliphatic rings. The molecule has 0 heterocycles. The predicted molar refractivity (Wildman–Crippen MR) is 81.1 cm³/mol. The third-order valence-corrected chi connectivity index (χ3v) is 3.75. The van der Waals surface area contributed by atoms with Crippen LogP contribution in [-0.4, -0.2) is 11.6 Å². The Bertz CT molecular complexity index is 267. The van der Waals surface area contributed by atoms with E-state index in [1.165, 1.54) is 52.4 Å². The molecule has 0 aliphatic carbocycles. The highest BCUT2D eigenvalue weighted by molar-refractivity contribution is 6.00. The maximum atomic E-state index is 11.5. The van der Waals surface area contributed by atoms with Gasteiger partial charge in [-0.1, -0.05) is 57.9 Å². The minimum absolute atomic E-state index is 0.0191. The van der Waals surface area contributed by atoms with Gasteiger partial charge in [0, 0.05) is 0 Å². The van der Waals surface area contributed by atoms with Crippen molar-refractivity contribution in [1.82, 2.24) is 0 Å². The molecule has 0 aliphatic heterocycles. The number of Topliss-reactive ketones (excluding diaryl/α,β-unsaturated/α-hetero) is 2. The highest BCUT2D eigenvalue weighted by Gasteiger charge is 2.26. The van der Waals surface area contributed by atoms with Crippen molar-refractivity contribution in [2.45, 2.75) is 72.1 Å². The number of carbonyl (C=O) groups excluding carboxylic acids is 2. The Morgan fingerprint density at radius 3 is 1.84 bits per heavy atom. The Kier molecular flexibility index (Phi) is 10.4. The van der Waals surface area contributed by atoms with E-state index < -0.39 is 5.92 Å². The lowest BCUT2D eigenvalue weighted by Gasteiger charge is -2.19. The molecule has 1 unspecified atom stereocenters. The molecule has 0 aromatic rings. The highest BCUT2D eigenvalue weighted by atomic mass is 16.1. The van der Waals surface area contributed by atoms with Gasteiger partial charge in [-0.2, -0.15) is 0 Å². The standard InChI is InChI=1S/C17H30O2/c1-5-7-8-9-10-11-12-13-16(6-2)17(14(3)18)15(4)19/h6,16-17H,2,5,7-13H2,1,3-4H3. The molecule has 0 aromatic carbocycles. The number of rotatable bonds is 12. The summed E-state index contributed by atoms with van der Waals surface area (Å²) in [5.74, 6) is -0.510. The predicted octanol–water partition coefficient (Wildman–Crippen LogP) is 4.72. The molecule has 0 spiro atoms. The number of ketones is 2. The largest absolute Gasteiger partial charge is 0.299 e. The van der Waals surface area contributed by atoms with E-state index in [1.807, 2.05) is 0 Å². The van der Waals surface area contributed by atoms with Gasteiger partial charge in [-0.25, -0.2) is 0 Å². The summed E-state index contributed by atoms with van der Waals surface area (Å²) >= 11 is 0. The Hall–Kier alpha value is -0.920. The first-order valence-electron chi connectivity index (χ1n) is 7.68. The first-order chi connectivity index (χ1) is 9.04. The van der Waals surface area contributed by atoms with Crippen LogP contribution < -0.4 is 0 Å². The van der Waals surface area contributed by atoms with E-state index >= 15 is 0 Å². The van der Waals surface area contributed by atoms with Crippen molar-refractivity contribution in [2.24, 2.45) is 11.8 Å². The van der Waals surface area contributed by atoms with Gasteiger partial charge in [0.15, 0.2) is 0 Å². The van der Waals surface area contributed by atoms with Crippen molar-refractivity contribution in [3.63, 3.8) is 0 Å². The lowest BCUT2D eigenvalue weighted by molar-refractivity contribution is -0.132. The van der Waals surface area contributed by atoms with Crippen molar-refractivity contribution >= 4 is 11.6 Å². The zero-order valence-electron chi connectivity index (χ0n) is 12.9. The van der Waals surface area contributed by atoms with Crippen molar-refractivity contribution in [1.29, 1.82) is 0 Å². The summed E-state index contributed by atoms with van der Waals surface area (Å²) in [7, 11) is 0. The molecule has 0 N–H and O–H groups in total.